The fourth-order valence-electron chi connectivity index (χ4n) is 2.58. The molecule has 1 saturated carbocycles. The Morgan fingerprint density at radius 1 is 1.26 bits per heavy atom. The molecule has 110 valence electrons. The minimum absolute atomic E-state index is 0.0902. The summed E-state index contributed by atoms with van der Waals surface area (Å²) in [4.78, 5) is 24.5. The SMILES string of the molecule is CCOC(=O)C(C(=O)NC1(CC)CCC1)C(C)(C)C. The maximum absolute atomic E-state index is 12.5. The minimum Gasteiger partial charge on any atom is -0.465 e. The zero-order valence-corrected chi connectivity index (χ0v) is 12.8. The monoisotopic (exact) mass is 269 g/mol. The summed E-state index contributed by atoms with van der Waals surface area (Å²) in [7, 11) is 0. The normalized spacial score (nSPS) is 19.2. The van der Waals surface area contributed by atoms with E-state index in [-0.39, 0.29) is 11.4 Å². The van der Waals surface area contributed by atoms with Crippen LogP contribution >= 0.6 is 0 Å². The zero-order valence-electron chi connectivity index (χ0n) is 12.8. The molecule has 19 heavy (non-hydrogen) atoms. The predicted molar refractivity (Wildman–Crippen MR) is 74.6 cm³/mol. The number of carbonyl (C=O) groups excluding carboxylic acids is 2. The van der Waals surface area contributed by atoms with Gasteiger partial charge in [-0.25, -0.2) is 0 Å². The molecule has 0 aliphatic heterocycles. The Hall–Kier alpha value is -1.06. The molecule has 0 heterocycles. The Kier molecular flexibility index (Phi) is 4.99. The molecule has 1 fully saturated rings. The first-order valence-corrected chi connectivity index (χ1v) is 7.24. The van der Waals surface area contributed by atoms with Gasteiger partial charge in [-0.3, -0.25) is 9.59 Å². The largest absolute Gasteiger partial charge is 0.465 e. The van der Waals surface area contributed by atoms with E-state index in [9.17, 15) is 9.59 Å². The van der Waals surface area contributed by atoms with Crippen molar-refractivity contribution in [2.45, 2.75) is 65.8 Å². The van der Waals surface area contributed by atoms with Crippen molar-refractivity contribution in [2.24, 2.45) is 11.3 Å². The minimum atomic E-state index is -0.739. The number of ether oxygens (including phenoxy) is 1. The molecular weight excluding hydrogens is 242 g/mol. The lowest BCUT2D eigenvalue weighted by Crippen LogP contribution is -2.57. The van der Waals surface area contributed by atoms with E-state index < -0.39 is 17.3 Å². The number of hydrogen-bond donors (Lipinski definition) is 1. The third-order valence-electron chi connectivity index (χ3n) is 4.03. The van der Waals surface area contributed by atoms with Crippen LogP contribution in [0.5, 0.6) is 0 Å². The summed E-state index contributed by atoms with van der Waals surface area (Å²) in [5, 5.41) is 3.09. The number of nitrogens with one attached hydrogen (secondary N) is 1. The van der Waals surface area contributed by atoms with Gasteiger partial charge in [0, 0.05) is 5.54 Å². The van der Waals surface area contributed by atoms with Crippen molar-refractivity contribution >= 4 is 11.9 Å². The Labute approximate surface area is 116 Å². The molecule has 1 atom stereocenters. The van der Waals surface area contributed by atoms with Crippen molar-refractivity contribution in [3.8, 4) is 0 Å². The summed E-state index contributed by atoms with van der Waals surface area (Å²) in [6.45, 7) is 9.83. The van der Waals surface area contributed by atoms with Crippen molar-refractivity contribution < 1.29 is 14.3 Å². The van der Waals surface area contributed by atoms with Crippen LogP contribution in [-0.2, 0) is 14.3 Å². The molecule has 1 aliphatic carbocycles. The van der Waals surface area contributed by atoms with E-state index in [0.717, 1.165) is 25.7 Å². The summed E-state index contributed by atoms with van der Waals surface area (Å²) in [6, 6.07) is 0. The summed E-state index contributed by atoms with van der Waals surface area (Å²) in [5.74, 6) is -1.35. The molecule has 0 saturated heterocycles. The number of hydrogen-bond acceptors (Lipinski definition) is 3. The first-order valence-electron chi connectivity index (χ1n) is 7.24. The van der Waals surface area contributed by atoms with E-state index in [4.69, 9.17) is 4.74 Å². The molecule has 0 aromatic carbocycles. The van der Waals surface area contributed by atoms with Gasteiger partial charge in [0.1, 0.15) is 5.92 Å². The van der Waals surface area contributed by atoms with Crippen LogP contribution < -0.4 is 5.32 Å². The molecule has 1 amide bonds. The standard InChI is InChI=1S/C15H27NO3/c1-6-15(9-8-10-15)16-12(17)11(14(3,4)5)13(18)19-7-2/h11H,6-10H2,1-5H3,(H,16,17). The van der Waals surface area contributed by atoms with Gasteiger partial charge in [0.05, 0.1) is 6.61 Å². The molecule has 1 rings (SSSR count). The lowest BCUT2D eigenvalue weighted by molar-refractivity contribution is -0.157. The number of carbonyl (C=O) groups is 2. The van der Waals surface area contributed by atoms with Crippen LogP contribution in [0, 0.1) is 11.3 Å². The van der Waals surface area contributed by atoms with Crippen LogP contribution in [-0.4, -0.2) is 24.0 Å². The summed E-state index contributed by atoms with van der Waals surface area (Å²) in [6.07, 6.45) is 4.08. The van der Waals surface area contributed by atoms with Crippen molar-refractivity contribution in [1.82, 2.24) is 5.32 Å². The predicted octanol–water partition coefficient (Wildman–Crippen LogP) is 2.66. The number of esters is 1. The van der Waals surface area contributed by atoms with Gasteiger partial charge in [0.15, 0.2) is 0 Å². The van der Waals surface area contributed by atoms with Crippen LogP contribution in [0.2, 0.25) is 0 Å². The smallest absolute Gasteiger partial charge is 0.319 e. The fourth-order valence-corrected chi connectivity index (χ4v) is 2.58. The zero-order chi connectivity index (χ0) is 14.7. The maximum Gasteiger partial charge on any atom is 0.319 e. The van der Waals surface area contributed by atoms with E-state index in [1.165, 1.54) is 0 Å². The van der Waals surface area contributed by atoms with Gasteiger partial charge in [0.2, 0.25) is 5.91 Å². The topological polar surface area (TPSA) is 55.4 Å². The highest BCUT2D eigenvalue weighted by Gasteiger charge is 2.44. The average molecular weight is 269 g/mol. The second kappa shape index (κ2) is 5.93. The molecule has 0 aromatic heterocycles. The van der Waals surface area contributed by atoms with E-state index in [2.05, 4.69) is 12.2 Å². The van der Waals surface area contributed by atoms with Crippen LogP contribution in [0.15, 0.2) is 0 Å². The van der Waals surface area contributed by atoms with E-state index in [1.54, 1.807) is 6.92 Å². The fraction of sp³-hybridized carbons (Fsp3) is 0.867. The first-order chi connectivity index (χ1) is 8.75. The molecule has 0 spiro atoms. The van der Waals surface area contributed by atoms with Crippen molar-refractivity contribution in [3.05, 3.63) is 0 Å². The highest BCUT2D eigenvalue weighted by Crippen LogP contribution is 2.36. The van der Waals surface area contributed by atoms with Crippen LogP contribution in [0.25, 0.3) is 0 Å². The number of amides is 1. The lowest BCUT2D eigenvalue weighted by atomic mass is 9.73. The highest BCUT2D eigenvalue weighted by atomic mass is 16.5. The van der Waals surface area contributed by atoms with Gasteiger partial charge < -0.3 is 10.1 Å². The molecule has 4 heteroatoms. The van der Waals surface area contributed by atoms with Crippen molar-refractivity contribution in [3.63, 3.8) is 0 Å². The maximum atomic E-state index is 12.5. The van der Waals surface area contributed by atoms with Gasteiger partial charge >= 0.3 is 5.97 Å². The van der Waals surface area contributed by atoms with Crippen molar-refractivity contribution in [2.75, 3.05) is 6.61 Å². The average Bonchev–Trinajstić information content (AvgIpc) is 2.21. The Morgan fingerprint density at radius 2 is 1.84 bits per heavy atom. The summed E-state index contributed by atoms with van der Waals surface area (Å²) >= 11 is 0. The lowest BCUT2D eigenvalue weighted by Gasteiger charge is -2.43. The van der Waals surface area contributed by atoms with E-state index in [1.807, 2.05) is 20.8 Å². The third-order valence-corrected chi connectivity index (χ3v) is 4.03. The number of rotatable bonds is 5. The quantitative estimate of drug-likeness (QED) is 0.616. The molecule has 1 unspecified atom stereocenters. The molecule has 0 aromatic rings. The van der Waals surface area contributed by atoms with Gasteiger partial charge in [-0.2, -0.15) is 0 Å². The Morgan fingerprint density at radius 3 is 2.16 bits per heavy atom. The first kappa shape index (κ1) is 16.0. The molecule has 0 radical (unpaired) electrons. The van der Waals surface area contributed by atoms with E-state index >= 15 is 0 Å². The Bertz CT molecular complexity index is 334. The van der Waals surface area contributed by atoms with E-state index in [0.29, 0.717) is 6.61 Å². The highest BCUT2D eigenvalue weighted by molar-refractivity contribution is 5.99. The van der Waals surface area contributed by atoms with Crippen LogP contribution in [0.3, 0.4) is 0 Å². The van der Waals surface area contributed by atoms with Crippen molar-refractivity contribution in [1.29, 1.82) is 0 Å². The van der Waals surface area contributed by atoms with Gasteiger partial charge in [-0.15, -0.1) is 0 Å². The Balaban J connectivity index is 2.80. The molecule has 1 aliphatic rings. The molecule has 1 N–H and O–H groups in total. The molecule has 0 bridgehead atoms. The van der Waals surface area contributed by atoms with Crippen LogP contribution in [0.4, 0.5) is 0 Å². The molecule has 4 nitrogen and oxygen atoms in total. The summed E-state index contributed by atoms with van der Waals surface area (Å²) in [5.41, 5.74) is -0.526. The van der Waals surface area contributed by atoms with Gasteiger partial charge in [-0.05, 0) is 38.0 Å². The van der Waals surface area contributed by atoms with Crippen LogP contribution in [0.1, 0.15) is 60.3 Å². The second-order valence-electron chi connectivity index (χ2n) is 6.53. The third kappa shape index (κ3) is 3.71. The molecular formula is C15H27NO3. The van der Waals surface area contributed by atoms with Gasteiger partial charge in [0.25, 0.3) is 0 Å². The second-order valence-corrected chi connectivity index (χ2v) is 6.53. The summed E-state index contributed by atoms with van der Waals surface area (Å²) < 4.78 is 5.05. The van der Waals surface area contributed by atoms with Gasteiger partial charge in [-0.1, -0.05) is 27.7 Å².